The summed E-state index contributed by atoms with van der Waals surface area (Å²) >= 11 is 35.3. The van der Waals surface area contributed by atoms with E-state index in [-0.39, 0.29) is 40.6 Å². The first-order valence-corrected chi connectivity index (χ1v) is 5.93. The fourth-order valence-corrected chi connectivity index (χ4v) is 3.38. The van der Waals surface area contributed by atoms with Gasteiger partial charge in [0, 0.05) is 0 Å². The normalized spacial score (nSPS) is 51.2. The first-order valence-electron chi connectivity index (χ1n) is 3.31. The summed E-state index contributed by atoms with van der Waals surface area (Å²) in [5.74, 6) is 0. The molecule has 0 atom stereocenters. The van der Waals surface area contributed by atoms with Crippen LogP contribution >= 0.6 is 69.6 Å². The number of rotatable bonds is 0. The van der Waals surface area contributed by atoms with Gasteiger partial charge in [0.05, 0.1) is 32.3 Å². The molecular formula is C6H8CaCl6. The van der Waals surface area contributed by atoms with E-state index in [1.54, 1.807) is 0 Å². The van der Waals surface area contributed by atoms with Crippen LogP contribution in [-0.2, 0) is 0 Å². The zero-order chi connectivity index (χ0) is 9.46. The van der Waals surface area contributed by atoms with Gasteiger partial charge in [-0.3, -0.25) is 0 Å². The molecule has 0 radical (unpaired) electrons. The maximum atomic E-state index is 5.88. The van der Waals surface area contributed by atoms with Gasteiger partial charge in [0.25, 0.3) is 0 Å². The summed E-state index contributed by atoms with van der Waals surface area (Å²) in [5, 5.41) is -2.62. The van der Waals surface area contributed by atoms with Crippen LogP contribution in [0.4, 0.5) is 0 Å². The van der Waals surface area contributed by atoms with Gasteiger partial charge < -0.3 is 2.85 Å². The van der Waals surface area contributed by atoms with E-state index in [2.05, 4.69) is 0 Å². The predicted octanol–water partition coefficient (Wildman–Crippen LogP) is 3.49. The van der Waals surface area contributed by atoms with Crippen LogP contribution in [0.3, 0.4) is 0 Å². The maximum Gasteiger partial charge on any atom is 2.00 e. The van der Waals surface area contributed by atoms with Gasteiger partial charge in [-0.25, -0.2) is 0 Å². The van der Waals surface area contributed by atoms with Gasteiger partial charge in [-0.1, -0.05) is 0 Å². The van der Waals surface area contributed by atoms with Crippen LogP contribution in [0.15, 0.2) is 0 Å². The van der Waals surface area contributed by atoms with Crippen LogP contribution in [0.5, 0.6) is 0 Å². The zero-order valence-electron chi connectivity index (χ0n) is 8.44. The molecule has 0 aromatic carbocycles. The van der Waals surface area contributed by atoms with Crippen molar-refractivity contribution in [1.29, 1.82) is 0 Å². The van der Waals surface area contributed by atoms with Crippen molar-refractivity contribution in [3.05, 3.63) is 0 Å². The Balaban J connectivity index is -0.000000480. The zero-order valence-corrected chi connectivity index (χ0v) is 13.2. The number of alkyl halides is 6. The second kappa shape index (κ2) is 6.67. The molecule has 0 amide bonds. The van der Waals surface area contributed by atoms with Crippen molar-refractivity contribution in [1.82, 2.24) is 0 Å². The second-order valence-corrected chi connectivity index (χ2v) is 5.69. The molecule has 0 saturated heterocycles. The third-order valence-corrected chi connectivity index (χ3v) is 5.86. The van der Waals surface area contributed by atoms with Crippen LogP contribution in [0.2, 0.25) is 0 Å². The molecule has 0 N–H and O–H groups in total. The first-order chi connectivity index (χ1) is 5.46. The molecule has 1 saturated carbocycles. The molecule has 1 aliphatic carbocycles. The minimum atomic E-state index is -0.437. The molecule has 0 heterocycles. The van der Waals surface area contributed by atoms with E-state index in [1.165, 1.54) is 0 Å². The summed E-state index contributed by atoms with van der Waals surface area (Å²) in [6.45, 7) is 0. The molecular weight excluding hydrogens is 325 g/mol. The summed E-state index contributed by atoms with van der Waals surface area (Å²) in [4.78, 5) is 0. The van der Waals surface area contributed by atoms with E-state index in [4.69, 9.17) is 69.6 Å². The minimum absolute atomic E-state index is 0. The molecule has 1 rings (SSSR count). The monoisotopic (exact) mass is 330 g/mol. The summed E-state index contributed by atoms with van der Waals surface area (Å²) in [5.41, 5.74) is 0. The van der Waals surface area contributed by atoms with Gasteiger partial charge >= 0.3 is 37.7 Å². The molecule has 1 fully saturated rings. The summed E-state index contributed by atoms with van der Waals surface area (Å²) in [6, 6.07) is 0. The molecule has 0 nitrogen and oxygen atoms in total. The van der Waals surface area contributed by atoms with Crippen LogP contribution in [0.1, 0.15) is 2.85 Å². The molecule has 76 valence electrons. The van der Waals surface area contributed by atoms with Gasteiger partial charge in [-0.2, -0.15) is 0 Å². The van der Waals surface area contributed by atoms with Crippen molar-refractivity contribution < 1.29 is 2.85 Å². The Hall–Kier alpha value is 3.00. The molecule has 7 heteroatoms. The van der Waals surface area contributed by atoms with Crippen LogP contribution < -0.4 is 0 Å². The summed E-state index contributed by atoms with van der Waals surface area (Å²) in [7, 11) is 0. The Morgan fingerprint density at radius 1 is 0.462 bits per heavy atom. The predicted molar refractivity (Wildman–Crippen MR) is 65.8 cm³/mol. The number of hydrogen-bond acceptors (Lipinski definition) is 0. The Kier molecular flexibility index (Phi) is 8.20. The molecule has 13 heavy (non-hydrogen) atoms. The Bertz CT molecular complexity index is 117. The Morgan fingerprint density at radius 2 is 0.538 bits per heavy atom. The van der Waals surface area contributed by atoms with Gasteiger partial charge in [0.2, 0.25) is 0 Å². The third kappa shape index (κ3) is 3.48. The van der Waals surface area contributed by atoms with Gasteiger partial charge in [0.15, 0.2) is 0 Å². The molecule has 0 aromatic heterocycles. The van der Waals surface area contributed by atoms with Gasteiger partial charge in [-0.15, -0.1) is 69.6 Å². The van der Waals surface area contributed by atoms with Crippen molar-refractivity contribution in [3.63, 3.8) is 0 Å². The first kappa shape index (κ1) is 16.0. The van der Waals surface area contributed by atoms with E-state index in [0.29, 0.717) is 0 Å². The fourth-order valence-electron chi connectivity index (χ4n) is 1.05. The third-order valence-electron chi connectivity index (χ3n) is 1.83. The maximum absolute atomic E-state index is 5.88. The largest absolute Gasteiger partial charge is 2.00 e. The summed E-state index contributed by atoms with van der Waals surface area (Å²) in [6.07, 6.45) is 0. The smallest absolute Gasteiger partial charge is 1.00 e. The molecule has 0 unspecified atom stereocenters. The Morgan fingerprint density at radius 3 is 0.615 bits per heavy atom. The van der Waals surface area contributed by atoms with E-state index >= 15 is 0 Å². The van der Waals surface area contributed by atoms with E-state index in [1.807, 2.05) is 0 Å². The Labute approximate surface area is 140 Å². The van der Waals surface area contributed by atoms with Gasteiger partial charge in [-0.05, 0) is 0 Å². The fraction of sp³-hybridized carbons (Fsp3) is 1.00. The van der Waals surface area contributed by atoms with E-state index in [9.17, 15) is 0 Å². The van der Waals surface area contributed by atoms with Crippen LogP contribution in [0.25, 0.3) is 0 Å². The molecule has 0 aliphatic heterocycles. The molecule has 0 bridgehead atoms. The van der Waals surface area contributed by atoms with Crippen molar-refractivity contribution in [2.75, 3.05) is 0 Å². The average Bonchev–Trinajstić information content (AvgIpc) is 2.08. The summed E-state index contributed by atoms with van der Waals surface area (Å²) < 4.78 is 0. The van der Waals surface area contributed by atoms with Crippen LogP contribution in [0, 0.1) is 0 Å². The molecule has 1 aliphatic rings. The van der Waals surface area contributed by atoms with Gasteiger partial charge in [0.1, 0.15) is 0 Å². The minimum Gasteiger partial charge on any atom is -1.00 e. The van der Waals surface area contributed by atoms with Crippen molar-refractivity contribution in [2.24, 2.45) is 0 Å². The van der Waals surface area contributed by atoms with Crippen molar-refractivity contribution >= 4 is 107 Å². The van der Waals surface area contributed by atoms with E-state index in [0.717, 1.165) is 0 Å². The number of hydrogen-bond donors (Lipinski definition) is 0. The number of halogens is 6. The standard InChI is InChI=1S/C6H6Cl6.Ca.2H/c7-1-2(8)4(10)6(12)5(11)3(1)9;;;/h1-6H;;;/q;+2;2*-1. The van der Waals surface area contributed by atoms with Crippen molar-refractivity contribution in [2.45, 2.75) is 32.3 Å². The van der Waals surface area contributed by atoms with Crippen LogP contribution in [-0.4, -0.2) is 70.0 Å². The SMILES string of the molecule is ClC1C(Cl)C(Cl)C(Cl)C(Cl)C1Cl.[Ca+2].[H-].[H-]. The average molecular weight is 333 g/mol. The van der Waals surface area contributed by atoms with E-state index < -0.39 is 32.3 Å². The molecule has 0 spiro atoms. The van der Waals surface area contributed by atoms with Crippen molar-refractivity contribution in [3.8, 4) is 0 Å². The molecule has 0 aromatic rings. The second-order valence-electron chi connectivity index (χ2n) is 2.67. The topological polar surface area (TPSA) is 0 Å². The quantitative estimate of drug-likeness (QED) is 0.470.